The number of phenolic OH excluding ortho intramolecular Hbond substituents is 1. The Balaban J connectivity index is 1.44. The first-order valence-corrected chi connectivity index (χ1v) is 14.5. The summed E-state index contributed by atoms with van der Waals surface area (Å²) in [7, 11) is 0. The van der Waals surface area contributed by atoms with Crippen LogP contribution in [0.3, 0.4) is 0 Å². The monoisotopic (exact) mass is 562 g/mol. The van der Waals surface area contributed by atoms with E-state index in [0.717, 1.165) is 64.7 Å². The lowest BCUT2D eigenvalue weighted by Crippen LogP contribution is -2.42. The van der Waals surface area contributed by atoms with Gasteiger partial charge in [0.2, 0.25) is 5.91 Å². The largest absolute Gasteiger partial charge is 0.506 e. The van der Waals surface area contributed by atoms with E-state index in [1.54, 1.807) is 6.07 Å². The molecule has 1 aromatic heterocycles. The van der Waals surface area contributed by atoms with Gasteiger partial charge in [0, 0.05) is 31.2 Å². The molecule has 0 aliphatic rings. The molecule has 0 aliphatic heterocycles. The maximum absolute atomic E-state index is 13.0. The van der Waals surface area contributed by atoms with Crippen LogP contribution in [-0.2, 0) is 22.4 Å². The van der Waals surface area contributed by atoms with E-state index in [4.69, 9.17) is 16.3 Å². The highest BCUT2D eigenvalue weighted by molar-refractivity contribution is 7.16. The van der Waals surface area contributed by atoms with E-state index >= 15 is 0 Å². The number of carbonyl (C=O) groups excluding carboxylic acids is 1. The molecule has 208 valence electrons. The van der Waals surface area contributed by atoms with Gasteiger partial charge in [0.25, 0.3) is 0 Å². The molecule has 3 N–H and O–H groups in total. The number of carbonyl (C=O) groups is 1. The number of fused-ring (bicyclic) bond motifs is 1. The maximum atomic E-state index is 13.0. The van der Waals surface area contributed by atoms with Crippen molar-refractivity contribution in [3.8, 4) is 5.75 Å². The lowest BCUT2D eigenvalue weighted by atomic mass is 10.1. The van der Waals surface area contributed by atoms with Crippen molar-refractivity contribution in [3.05, 3.63) is 62.2 Å². The molecule has 2 aromatic carbocycles. The van der Waals surface area contributed by atoms with Crippen LogP contribution in [0.2, 0.25) is 5.02 Å². The van der Waals surface area contributed by atoms with Gasteiger partial charge in [-0.3, -0.25) is 9.59 Å². The molecule has 1 amide bonds. The molecule has 8 nitrogen and oxygen atoms in total. The van der Waals surface area contributed by atoms with E-state index in [1.165, 1.54) is 0 Å². The summed E-state index contributed by atoms with van der Waals surface area (Å²) in [6, 6.07) is 11.2. The van der Waals surface area contributed by atoms with Gasteiger partial charge < -0.3 is 29.9 Å². The van der Waals surface area contributed by atoms with Crippen molar-refractivity contribution in [2.24, 2.45) is 0 Å². The number of likely N-dealkylation sites (N-methyl/N-ethyl adjacent to an activating group) is 1. The van der Waals surface area contributed by atoms with E-state index in [2.05, 4.69) is 29.0 Å². The first kappa shape index (κ1) is 30.1. The quantitative estimate of drug-likeness (QED) is 0.216. The Morgan fingerprint density at radius 3 is 2.58 bits per heavy atom. The van der Waals surface area contributed by atoms with E-state index in [9.17, 15) is 14.7 Å². The van der Waals surface area contributed by atoms with Gasteiger partial charge in [0.05, 0.1) is 24.3 Å². The van der Waals surface area contributed by atoms with Gasteiger partial charge in [-0.1, -0.05) is 61.1 Å². The molecular formula is C28H39ClN4O4S. The average Bonchev–Trinajstić information content (AvgIpc) is 3.32. The molecule has 0 bridgehead atoms. The van der Waals surface area contributed by atoms with Crippen LogP contribution in [0.4, 0.5) is 0 Å². The predicted octanol–water partition coefficient (Wildman–Crippen LogP) is 3.90. The number of H-pyrrole nitrogens is 1. The number of thiazole rings is 1. The number of aromatic amines is 1. The van der Waals surface area contributed by atoms with Gasteiger partial charge in [-0.2, -0.15) is 0 Å². The smallest absolute Gasteiger partial charge is 0.305 e. The predicted molar refractivity (Wildman–Crippen MR) is 156 cm³/mol. The number of amides is 1. The van der Waals surface area contributed by atoms with Gasteiger partial charge in [0.15, 0.2) is 0 Å². The fraction of sp³-hybridized carbons (Fsp3) is 0.500. The van der Waals surface area contributed by atoms with E-state index < -0.39 is 0 Å². The van der Waals surface area contributed by atoms with Crippen molar-refractivity contribution < 1.29 is 14.6 Å². The molecule has 1 heterocycles. The summed E-state index contributed by atoms with van der Waals surface area (Å²) in [5.74, 6) is 0.180. The number of rotatable bonds is 17. The zero-order chi connectivity index (χ0) is 27.3. The number of nitrogens with one attached hydrogen (secondary N) is 2. The average molecular weight is 563 g/mol. The fourth-order valence-electron chi connectivity index (χ4n) is 4.30. The van der Waals surface area contributed by atoms with Gasteiger partial charge >= 0.3 is 4.87 Å². The minimum absolute atomic E-state index is 0.0882. The molecule has 38 heavy (non-hydrogen) atoms. The lowest BCUT2D eigenvalue weighted by Gasteiger charge is -2.27. The summed E-state index contributed by atoms with van der Waals surface area (Å²) >= 11 is 7.32. The van der Waals surface area contributed by atoms with Gasteiger partial charge in [0.1, 0.15) is 11.3 Å². The maximum Gasteiger partial charge on any atom is 0.305 e. The number of benzene rings is 2. The summed E-state index contributed by atoms with van der Waals surface area (Å²) in [6.45, 7) is 10.6. The molecule has 0 saturated carbocycles. The van der Waals surface area contributed by atoms with Crippen LogP contribution < -0.4 is 10.2 Å². The van der Waals surface area contributed by atoms with Crippen LogP contribution in [-0.4, -0.2) is 84.8 Å². The Morgan fingerprint density at radius 2 is 1.82 bits per heavy atom. The number of ether oxygens (including phenoxy) is 1. The van der Waals surface area contributed by atoms with Crippen LogP contribution in [0.25, 0.3) is 10.2 Å². The molecule has 3 rings (SSSR count). The number of aromatic hydroxyl groups is 1. The number of nitrogens with zero attached hydrogens (tertiary/aromatic N) is 2. The van der Waals surface area contributed by atoms with Crippen molar-refractivity contribution in [2.75, 3.05) is 59.0 Å². The zero-order valence-electron chi connectivity index (χ0n) is 22.3. The molecule has 0 saturated heterocycles. The van der Waals surface area contributed by atoms with Crippen LogP contribution in [0.15, 0.2) is 41.2 Å². The number of halogens is 1. The van der Waals surface area contributed by atoms with Crippen molar-refractivity contribution in [1.29, 1.82) is 0 Å². The SMILES string of the molecule is CCN(CC)CCN(CCNCCc1ccc(O)c2[nH]c(=O)sc12)C(=O)CCOCCc1ccccc1Cl. The highest BCUT2D eigenvalue weighted by Gasteiger charge is 2.15. The minimum atomic E-state index is -0.175. The molecule has 0 unspecified atom stereocenters. The first-order chi connectivity index (χ1) is 18.4. The number of phenols is 1. The number of hydrogen-bond acceptors (Lipinski definition) is 7. The Hall–Kier alpha value is -2.43. The standard InChI is InChI=1S/C28H39ClN4O4S/c1-3-32(4-2)17-18-33(25(35)13-20-37-19-12-21-7-5-6-8-23(21)29)16-15-30-14-11-22-9-10-24(34)26-27(22)38-28(36)31-26/h5-10,30,34H,3-4,11-20H2,1-2H3,(H,31,36). The second-order valence-electron chi connectivity index (χ2n) is 9.07. The number of hydrogen-bond donors (Lipinski definition) is 3. The van der Waals surface area contributed by atoms with Crippen LogP contribution in [0.1, 0.15) is 31.4 Å². The number of aromatic nitrogens is 1. The second-order valence-corrected chi connectivity index (χ2v) is 10.5. The Kier molecular flexibility index (Phi) is 12.6. The summed E-state index contributed by atoms with van der Waals surface area (Å²) in [4.78, 5) is 31.5. The van der Waals surface area contributed by atoms with E-state index in [-0.39, 0.29) is 16.5 Å². The Labute approximate surface area is 233 Å². The molecular weight excluding hydrogens is 524 g/mol. The van der Waals surface area contributed by atoms with Crippen molar-refractivity contribution in [1.82, 2.24) is 20.1 Å². The van der Waals surface area contributed by atoms with E-state index in [1.807, 2.05) is 35.2 Å². The topological polar surface area (TPSA) is 97.9 Å². The minimum Gasteiger partial charge on any atom is -0.506 e. The van der Waals surface area contributed by atoms with Gasteiger partial charge in [-0.05, 0) is 55.7 Å². The third-order valence-electron chi connectivity index (χ3n) is 6.64. The molecule has 0 aliphatic carbocycles. The summed E-state index contributed by atoms with van der Waals surface area (Å²) in [5, 5.41) is 14.1. The van der Waals surface area contributed by atoms with Crippen LogP contribution >= 0.6 is 22.9 Å². The normalized spacial score (nSPS) is 11.5. The van der Waals surface area contributed by atoms with Crippen molar-refractivity contribution in [2.45, 2.75) is 33.1 Å². The summed E-state index contributed by atoms with van der Waals surface area (Å²) < 4.78 is 6.54. The molecule has 0 atom stereocenters. The molecule has 10 heteroatoms. The van der Waals surface area contributed by atoms with Crippen LogP contribution in [0.5, 0.6) is 5.75 Å². The van der Waals surface area contributed by atoms with Crippen molar-refractivity contribution in [3.63, 3.8) is 0 Å². The van der Waals surface area contributed by atoms with E-state index in [0.29, 0.717) is 51.3 Å². The fourth-order valence-corrected chi connectivity index (χ4v) is 5.43. The molecule has 0 spiro atoms. The molecule has 0 fully saturated rings. The second kappa shape index (κ2) is 15.9. The lowest BCUT2D eigenvalue weighted by molar-refractivity contribution is -0.132. The third kappa shape index (κ3) is 9.10. The summed E-state index contributed by atoms with van der Waals surface area (Å²) in [5.41, 5.74) is 2.56. The molecule has 0 radical (unpaired) electrons. The van der Waals surface area contributed by atoms with Gasteiger partial charge in [-0.15, -0.1) is 0 Å². The van der Waals surface area contributed by atoms with Gasteiger partial charge in [-0.25, -0.2) is 0 Å². The highest BCUT2D eigenvalue weighted by Crippen LogP contribution is 2.27. The molecule has 3 aromatic rings. The zero-order valence-corrected chi connectivity index (χ0v) is 23.9. The third-order valence-corrected chi connectivity index (χ3v) is 7.96. The van der Waals surface area contributed by atoms with Crippen LogP contribution in [0, 0.1) is 0 Å². The first-order valence-electron chi connectivity index (χ1n) is 13.3. The summed E-state index contributed by atoms with van der Waals surface area (Å²) in [6.07, 6.45) is 1.78. The Morgan fingerprint density at radius 1 is 1.03 bits per heavy atom. The van der Waals surface area contributed by atoms with Crippen molar-refractivity contribution >= 4 is 39.1 Å². The Bertz CT molecular complexity index is 1210. The highest BCUT2D eigenvalue weighted by atomic mass is 35.5.